The van der Waals surface area contributed by atoms with Gasteiger partial charge in [0.1, 0.15) is 0 Å². The molecule has 1 aliphatic carbocycles. The molecule has 1 aromatic carbocycles. The normalized spacial score (nSPS) is 19.9. The molecule has 6 nitrogen and oxygen atoms in total. The fraction of sp³-hybridized carbons (Fsp3) is 0.300. The molecule has 146 valence electrons. The second kappa shape index (κ2) is 7.18. The summed E-state index contributed by atoms with van der Waals surface area (Å²) in [5, 5.41) is 6.21. The second-order valence-corrected chi connectivity index (χ2v) is 8.27. The maximum absolute atomic E-state index is 13.0. The van der Waals surface area contributed by atoms with Crippen LogP contribution in [-0.4, -0.2) is 23.3 Å². The van der Waals surface area contributed by atoms with Gasteiger partial charge in [0.25, 0.3) is 0 Å². The number of hydrogen-bond donors (Lipinski definition) is 2. The zero-order valence-corrected chi connectivity index (χ0v) is 17.4. The minimum absolute atomic E-state index is 0.110. The third-order valence-electron chi connectivity index (χ3n) is 4.63. The highest BCUT2D eigenvalue weighted by atomic mass is 35.5. The van der Waals surface area contributed by atoms with Gasteiger partial charge in [0.15, 0.2) is 0 Å². The van der Waals surface area contributed by atoms with Crippen LogP contribution in [0.1, 0.15) is 32.8 Å². The van der Waals surface area contributed by atoms with Crippen molar-refractivity contribution in [2.75, 3.05) is 0 Å². The quantitative estimate of drug-likeness (QED) is 0.714. The van der Waals surface area contributed by atoms with Gasteiger partial charge in [-0.25, -0.2) is 4.99 Å². The summed E-state index contributed by atoms with van der Waals surface area (Å²) in [5.41, 5.74) is 1.68. The van der Waals surface area contributed by atoms with Gasteiger partial charge in [-0.1, -0.05) is 37.0 Å². The number of nitrogens with zero attached hydrogens (tertiary/aromatic N) is 1. The van der Waals surface area contributed by atoms with Crippen molar-refractivity contribution in [1.29, 1.82) is 0 Å². The van der Waals surface area contributed by atoms with Crippen LogP contribution in [0.2, 0.25) is 10.0 Å². The van der Waals surface area contributed by atoms with Crippen molar-refractivity contribution in [2.45, 2.75) is 34.1 Å². The molecule has 0 unspecified atom stereocenters. The Bertz CT molecular complexity index is 997. The van der Waals surface area contributed by atoms with E-state index in [2.05, 4.69) is 15.6 Å². The van der Waals surface area contributed by atoms with Crippen LogP contribution in [0, 0.1) is 12.3 Å². The topological polar surface area (TPSA) is 87.6 Å². The first kappa shape index (κ1) is 20.3. The molecule has 1 aliphatic heterocycles. The van der Waals surface area contributed by atoms with Crippen molar-refractivity contribution in [2.24, 2.45) is 10.4 Å². The zero-order chi connectivity index (χ0) is 20.8. The molecule has 2 amide bonds. The van der Waals surface area contributed by atoms with Gasteiger partial charge >= 0.3 is 0 Å². The summed E-state index contributed by atoms with van der Waals surface area (Å²) in [6.07, 6.45) is 1.60. The molecule has 2 N–H and O–H groups in total. The van der Waals surface area contributed by atoms with Crippen molar-refractivity contribution in [3.05, 3.63) is 50.8 Å². The Labute approximate surface area is 172 Å². The van der Waals surface area contributed by atoms with Gasteiger partial charge in [0, 0.05) is 34.4 Å². The minimum Gasteiger partial charge on any atom is -0.324 e. The molecule has 0 aromatic heterocycles. The number of carbonyl (C=O) groups is 3. The molecule has 8 heteroatoms. The number of amides is 2. The molecule has 0 spiro atoms. The Morgan fingerprint density at radius 1 is 1.21 bits per heavy atom. The van der Waals surface area contributed by atoms with Crippen LogP contribution < -0.4 is 10.6 Å². The van der Waals surface area contributed by atoms with E-state index in [0.717, 1.165) is 5.56 Å². The molecule has 1 heterocycles. The maximum Gasteiger partial charge on any atom is 0.225 e. The highest BCUT2D eigenvalue weighted by molar-refractivity contribution is 6.36. The molecule has 3 rings (SSSR count). The van der Waals surface area contributed by atoms with E-state index >= 15 is 0 Å². The van der Waals surface area contributed by atoms with Crippen molar-refractivity contribution >= 4 is 52.2 Å². The first-order valence-electron chi connectivity index (χ1n) is 8.63. The van der Waals surface area contributed by atoms with E-state index in [9.17, 15) is 14.4 Å². The van der Waals surface area contributed by atoms with Gasteiger partial charge in [-0.05, 0) is 30.7 Å². The number of nitrogens with one attached hydrogen (secondary N) is 2. The number of halogens is 2. The summed E-state index contributed by atoms with van der Waals surface area (Å²) in [7, 11) is 0. The predicted molar refractivity (Wildman–Crippen MR) is 109 cm³/mol. The standard InChI is InChI=1S/C20H19Cl2N3O3/c1-9-12(21)5-11(6-13(9)22)24-14-7-15(23-10(2)26)19(28)17-18(14)25-16(27)8-20(17,3)4/h5-7H,8H2,1-4H3,(H,23,26)(H,25,27). The van der Waals surface area contributed by atoms with E-state index in [1.54, 1.807) is 19.1 Å². The number of benzene rings is 1. The third kappa shape index (κ3) is 3.75. The summed E-state index contributed by atoms with van der Waals surface area (Å²) in [6, 6.07) is 3.29. The predicted octanol–water partition coefficient (Wildman–Crippen LogP) is 3.78. The van der Waals surface area contributed by atoms with Crippen molar-refractivity contribution < 1.29 is 14.4 Å². The minimum atomic E-state index is -0.712. The van der Waals surface area contributed by atoms with Gasteiger partial charge in [-0.3, -0.25) is 14.4 Å². The van der Waals surface area contributed by atoms with Crippen molar-refractivity contribution in [1.82, 2.24) is 10.6 Å². The maximum atomic E-state index is 13.0. The van der Waals surface area contributed by atoms with E-state index < -0.39 is 5.41 Å². The van der Waals surface area contributed by atoms with Gasteiger partial charge in [0.05, 0.1) is 22.8 Å². The average molecular weight is 420 g/mol. The fourth-order valence-electron chi connectivity index (χ4n) is 3.30. The molecule has 2 aliphatic rings. The van der Waals surface area contributed by atoms with Crippen LogP contribution in [0.25, 0.3) is 0 Å². The number of hydrogen-bond acceptors (Lipinski definition) is 4. The van der Waals surface area contributed by atoms with Crippen LogP contribution in [-0.2, 0) is 14.4 Å². The SMILES string of the molecule is CC(=O)NC1=CC(=Nc2cc(Cl)c(C)c(Cl)c2)C2=C(C1=O)C(C)(C)CC(=O)N2. The smallest absolute Gasteiger partial charge is 0.225 e. The third-order valence-corrected chi connectivity index (χ3v) is 5.41. The highest BCUT2D eigenvalue weighted by Gasteiger charge is 2.42. The molecular weight excluding hydrogens is 401 g/mol. The first-order chi connectivity index (χ1) is 13.0. The monoisotopic (exact) mass is 419 g/mol. The number of ketones is 1. The Morgan fingerprint density at radius 2 is 1.82 bits per heavy atom. The molecule has 28 heavy (non-hydrogen) atoms. The van der Waals surface area contributed by atoms with Crippen LogP contribution in [0.4, 0.5) is 5.69 Å². The van der Waals surface area contributed by atoms with Crippen LogP contribution in [0.3, 0.4) is 0 Å². The Morgan fingerprint density at radius 3 is 2.39 bits per heavy atom. The number of rotatable bonds is 2. The molecule has 0 radical (unpaired) electrons. The molecule has 0 saturated carbocycles. The average Bonchev–Trinajstić information content (AvgIpc) is 2.54. The molecule has 0 fully saturated rings. The number of Topliss-reactive ketones (excluding diaryl/α,β-unsaturated/α-hetero) is 1. The Balaban J connectivity index is 2.22. The largest absolute Gasteiger partial charge is 0.324 e. The zero-order valence-electron chi connectivity index (χ0n) is 15.9. The van der Waals surface area contributed by atoms with E-state index in [1.807, 2.05) is 13.8 Å². The van der Waals surface area contributed by atoms with Crippen LogP contribution >= 0.6 is 23.2 Å². The van der Waals surface area contributed by atoms with E-state index in [0.29, 0.717) is 32.7 Å². The van der Waals surface area contributed by atoms with Crippen LogP contribution in [0.5, 0.6) is 0 Å². The Kier molecular flexibility index (Phi) is 5.21. The summed E-state index contributed by atoms with van der Waals surface area (Å²) in [6.45, 7) is 6.74. The van der Waals surface area contributed by atoms with Crippen molar-refractivity contribution in [3.63, 3.8) is 0 Å². The summed E-state index contributed by atoms with van der Waals surface area (Å²) < 4.78 is 0. The molecule has 0 saturated heterocycles. The second-order valence-electron chi connectivity index (χ2n) is 7.46. The van der Waals surface area contributed by atoms with Gasteiger partial charge in [-0.2, -0.15) is 0 Å². The first-order valence-corrected chi connectivity index (χ1v) is 9.38. The number of carbonyl (C=O) groups excluding carboxylic acids is 3. The molecule has 0 atom stereocenters. The lowest BCUT2D eigenvalue weighted by atomic mass is 9.72. The van der Waals surface area contributed by atoms with E-state index in [-0.39, 0.29) is 29.7 Å². The van der Waals surface area contributed by atoms with Gasteiger partial charge < -0.3 is 10.6 Å². The summed E-state index contributed by atoms with van der Waals surface area (Å²) in [4.78, 5) is 41.3. The lowest BCUT2D eigenvalue weighted by molar-refractivity contribution is -0.124. The fourth-order valence-corrected chi connectivity index (χ4v) is 3.78. The molecular formula is C20H19Cl2N3O3. The van der Waals surface area contributed by atoms with Crippen molar-refractivity contribution in [3.8, 4) is 0 Å². The summed E-state index contributed by atoms with van der Waals surface area (Å²) >= 11 is 12.4. The Hall–Kier alpha value is -2.44. The summed E-state index contributed by atoms with van der Waals surface area (Å²) in [5.74, 6) is -0.920. The van der Waals surface area contributed by atoms with Crippen LogP contribution in [0.15, 0.2) is 40.2 Å². The van der Waals surface area contributed by atoms with E-state index in [4.69, 9.17) is 23.2 Å². The lowest BCUT2D eigenvalue weighted by Gasteiger charge is -2.36. The van der Waals surface area contributed by atoms with E-state index in [1.165, 1.54) is 13.0 Å². The number of aliphatic imine (C=N–C) groups is 1. The molecule has 0 bridgehead atoms. The highest BCUT2D eigenvalue weighted by Crippen LogP contribution is 2.40. The number of allylic oxidation sites excluding steroid dienone is 2. The molecule has 1 aromatic rings. The lowest BCUT2D eigenvalue weighted by Crippen LogP contribution is -2.46. The van der Waals surface area contributed by atoms with Gasteiger partial charge in [0.2, 0.25) is 17.6 Å². The van der Waals surface area contributed by atoms with Gasteiger partial charge in [-0.15, -0.1) is 0 Å².